The Morgan fingerprint density at radius 3 is 2.56 bits per heavy atom. The van der Waals surface area contributed by atoms with Crippen LogP contribution in [0.2, 0.25) is 10.0 Å². The molecule has 1 unspecified atom stereocenters. The molecule has 94 valence electrons. The lowest BCUT2D eigenvalue weighted by Gasteiger charge is -2.12. The lowest BCUT2D eigenvalue weighted by molar-refractivity contribution is 0.919. The van der Waals surface area contributed by atoms with Gasteiger partial charge in [0.1, 0.15) is 0 Å². The van der Waals surface area contributed by atoms with Crippen molar-refractivity contribution < 1.29 is 0 Å². The van der Waals surface area contributed by atoms with Crippen molar-refractivity contribution in [2.75, 3.05) is 0 Å². The molecular formula is C14H10BrCl3. The van der Waals surface area contributed by atoms with Crippen molar-refractivity contribution in [3.63, 3.8) is 0 Å². The van der Waals surface area contributed by atoms with Gasteiger partial charge in [0.2, 0.25) is 0 Å². The third-order valence-electron chi connectivity index (χ3n) is 2.60. The maximum atomic E-state index is 6.41. The Morgan fingerprint density at radius 2 is 1.83 bits per heavy atom. The first-order chi connectivity index (χ1) is 8.56. The molecule has 2 rings (SSSR count). The number of benzene rings is 2. The van der Waals surface area contributed by atoms with E-state index in [2.05, 4.69) is 15.9 Å². The minimum absolute atomic E-state index is 0.189. The molecule has 0 fully saturated rings. The quantitative estimate of drug-likeness (QED) is 0.562. The third-order valence-corrected chi connectivity index (χ3v) is 4.06. The summed E-state index contributed by atoms with van der Waals surface area (Å²) >= 11 is 22.0. The molecule has 0 N–H and O–H groups in total. The van der Waals surface area contributed by atoms with Crippen LogP contribution in [0.15, 0.2) is 46.9 Å². The van der Waals surface area contributed by atoms with Crippen LogP contribution >= 0.6 is 50.7 Å². The van der Waals surface area contributed by atoms with Gasteiger partial charge in [-0.25, -0.2) is 0 Å². The first-order valence-corrected chi connectivity index (χ1v) is 7.38. The van der Waals surface area contributed by atoms with E-state index in [1.807, 2.05) is 30.3 Å². The molecule has 0 aliphatic heterocycles. The van der Waals surface area contributed by atoms with Gasteiger partial charge in [0.25, 0.3) is 0 Å². The van der Waals surface area contributed by atoms with Gasteiger partial charge in [0, 0.05) is 14.5 Å². The zero-order chi connectivity index (χ0) is 13.1. The Kier molecular flexibility index (Phi) is 4.97. The van der Waals surface area contributed by atoms with Crippen LogP contribution in [0.5, 0.6) is 0 Å². The summed E-state index contributed by atoms with van der Waals surface area (Å²) in [5, 5.41) is 1.11. The van der Waals surface area contributed by atoms with E-state index in [4.69, 9.17) is 34.8 Å². The van der Waals surface area contributed by atoms with E-state index >= 15 is 0 Å². The average Bonchev–Trinajstić information content (AvgIpc) is 2.32. The Labute approximate surface area is 130 Å². The SMILES string of the molecule is Clc1ccc(Cl)c(C(Cl)Cc2cccc(Br)c2)c1. The molecule has 2 aromatic carbocycles. The summed E-state index contributed by atoms with van der Waals surface area (Å²) < 4.78 is 1.04. The first kappa shape index (κ1) is 14.2. The first-order valence-electron chi connectivity index (χ1n) is 5.40. The fourth-order valence-corrected chi connectivity index (χ4v) is 3.03. The highest BCUT2D eigenvalue weighted by Crippen LogP contribution is 2.33. The van der Waals surface area contributed by atoms with Gasteiger partial charge in [-0.3, -0.25) is 0 Å². The number of alkyl halides is 1. The molecule has 0 heterocycles. The molecule has 0 saturated carbocycles. The number of rotatable bonds is 3. The van der Waals surface area contributed by atoms with Crippen LogP contribution in [0.1, 0.15) is 16.5 Å². The molecule has 4 heteroatoms. The van der Waals surface area contributed by atoms with Crippen LogP contribution < -0.4 is 0 Å². The lowest BCUT2D eigenvalue weighted by atomic mass is 10.0. The topological polar surface area (TPSA) is 0 Å². The zero-order valence-corrected chi connectivity index (χ0v) is 13.2. The molecule has 0 saturated heterocycles. The van der Waals surface area contributed by atoms with Gasteiger partial charge in [-0.05, 0) is 47.9 Å². The molecule has 18 heavy (non-hydrogen) atoms. The summed E-state index contributed by atoms with van der Waals surface area (Å²) in [5.41, 5.74) is 2.02. The van der Waals surface area contributed by atoms with Gasteiger partial charge in [-0.2, -0.15) is 0 Å². The molecule has 0 aliphatic carbocycles. The summed E-state index contributed by atoms with van der Waals surface area (Å²) in [6, 6.07) is 13.4. The van der Waals surface area contributed by atoms with E-state index in [-0.39, 0.29) is 5.38 Å². The standard InChI is InChI=1S/C14H10BrCl3/c15-10-3-1-2-9(6-10)7-14(18)12-8-11(16)4-5-13(12)17/h1-6,8,14H,7H2. The molecule has 2 aromatic rings. The average molecular weight is 364 g/mol. The van der Waals surface area contributed by atoms with Gasteiger partial charge in [0.15, 0.2) is 0 Å². The Morgan fingerprint density at radius 1 is 1.06 bits per heavy atom. The molecule has 0 amide bonds. The van der Waals surface area contributed by atoms with Crippen molar-refractivity contribution in [2.45, 2.75) is 11.8 Å². The minimum Gasteiger partial charge on any atom is -0.117 e. The summed E-state index contributed by atoms with van der Waals surface area (Å²) in [7, 11) is 0. The van der Waals surface area contributed by atoms with Crippen LogP contribution in [0.3, 0.4) is 0 Å². The van der Waals surface area contributed by atoms with Gasteiger partial charge >= 0.3 is 0 Å². The maximum absolute atomic E-state index is 6.41. The normalized spacial score (nSPS) is 12.4. The van der Waals surface area contributed by atoms with Crippen LogP contribution in [0, 0.1) is 0 Å². The second kappa shape index (κ2) is 6.29. The zero-order valence-electron chi connectivity index (χ0n) is 9.34. The molecule has 0 radical (unpaired) electrons. The van der Waals surface area contributed by atoms with Crippen molar-refractivity contribution in [3.05, 3.63) is 68.1 Å². The lowest BCUT2D eigenvalue weighted by Crippen LogP contribution is -1.97. The molecule has 0 aliphatic rings. The molecule has 0 spiro atoms. The highest BCUT2D eigenvalue weighted by Gasteiger charge is 2.13. The molecular weight excluding hydrogens is 354 g/mol. The molecule has 0 bridgehead atoms. The largest absolute Gasteiger partial charge is 0.117 e. The van der Waals surface area contributed by atoms with E-state index in [9.17, 15) is 0 Å². The Hall–Kier alpha value is -0.210. The van der Waals surface area contributed by atoms with E-state index in [1.165, 1.54) is 0 Å². The van der Waals surface area contributed by atoms with Gasteiger partial charge in [0.05, 0.1) is 5.38 Å². The third kappa shape index (κ3) is 3.64. The van der Waals surface area contributed by atoms with Gasteiger partial charge in [-0.15, -0.1) is 11.6 Å². The number of hydrogen-bond donors (Lipinski definition) is 0. The fraction of sp³-hybridized carbons (Fsp3) is 0.143. The highest BCUT2D eigenvalue weighted by atomic mass is 79.9. The van der Waals surface area contributed by atoms with E-state index < -0.39 is 0 Å². The van der Waals surface area contributed by atoms with Crippen LogP contribution in [-0.2, 0) is 6.42 Å². The van der Waals surface area contributed by atoms with E-state index in [0.717, 1.165) is 15.6 Å². The Balaban J connectivity index is 2.21. The van der Waals surface area contributed by atoms with E-state index in [0.29, 0.717) is 16.5 Å². The maximum Gasteiger partial charge on any atom is 0.0640 e. The Bertz CT molecular complexity index is 554. The van der Waals surface area contributed by atoms with Crippen molar-refractivity contribution in [2.24, 2.45) is 0 Å². The predicted octanol–water partition coefficient (Wildman–Crippen LogP) is 6.28. The van der Waals surface area contributed by atoms with Crippen molar-refractivity contribution in [3.8, 4) is 0 Å². The number of halogens is 4. The summed E-state index contributed by atoms with van der Waals surface area (Å²) in [6.45, 7) is 0. The van der Waals surface area contributed by atoms with Crippen LogP contribution in [0.25, 0.3) is 0 Å². The van der Waals surface area contributed by atoms with Crippen molar-refractivity contribution in [1.82, 2.24) is 0 Å². The smallest absolute Gasteiger partial charge is 0.0640 e. The van der Waals surface area contributed by atoms with Gasteiger partial charge < -0.3 is 0 Å². The van der Waals surface area contributed by atoms with Crippen molar-refractivity contribution in [1.29, 1.82) is 0 Å². The highest BCUT2D eigenvalue weighted by molar-refractivity contribution is 9.10. The fourth-order valence-electron chi connectivity index (χ4n) is 1.74. The monoisotopic (exact) mass is 362 g/mol. The predicted molar refractivity (Wildman–Crippen MR) is 82.9 cm³/mol. The summed E-state index contributed by atoms with van der Waals surface area (Å²) in [6.07, 6.45) is 0.709. The van der Waals surface area contributed by atoms with Crippen molar-refractivity contribution >= 4 is 50.7 Å². The summed E-state index contributed by atoms with van der Waals surface area (Å²) in [4.78, 5) is 0. The van der Waals surface area contributed by atoms with Crippen LogP contribution in [0.4, 0.5) is 0 Å². The molecule has 1 atom stereocenters. The van der Waals surface area contributed by atoms with Crippen LogP contribution in [-0.4, -0.2) is 0 Å². The number of hydrogen-bond acceptors (Lipinski definition) is 0. The minimum atomic E-state index is -0.189. The summed E-state index contributed by atoms with van der Waals surface area (Å²) in [5.74, 6) is 0. The van der Waals surface area contributed by atoms with E-state index in [1.54, 1.807) is 12.1 Å². The molecule has 0 aromatic heterocycles. The second-order valence-corrected chi connectivity index (χ2v) is 6.25. The van der Waals surface area contributed by atoms with Gasteiger partial charge in [-0.1, -0.05) is 51.3 Å². The molecule has 0 nitrogen and oxygen atoms in total. The second-order valence-electron chi connectivity index (χ2n) is 3.97.